The Morgan fingerprint density at radius 2 is 2.12 bits per heavy atom. The van der Waals surface area contributed by atoms with E-state index < -0.39 is 0 Å². The Labute approximate surface area is 143 Å². The highest BCUT2D eigenvalue weighted by atomic mass is 32.1. The highest BCUT2D eigenvalue weighted by Gasteiger charge is 2.27. The Bertz CT molecular complexity index is 696. The van der Waals surface area contributed by atoms with E-state index >= 15 is 0 Å². The Morgan fingerprint density at radius 1 is 1.29 bits per heavy atom. The molecule has 2 aromatic heterocycles. The molecule has 24 heavy (non-hydrogen) atoms. The van der Waals surface area contributed by atoms with Gasteiger partial charge in [0.1, 0.15) is 17.2 Å². The van der Waals surface area contributed by atoms with Gasteiger partial charge in [-0.05, 0) is 18.9 Å². The zero-order chi connectivity index (χ0) is 16.4. The molecular formula is C15H19N7OS. The molecule has 126 valence electrons. The molecule has 8 nitrogen and oxygen atoms in total. The third-order valence-electron chi connectivity index (χ3n) is 4.27. The lowest BCUT2D eigenvalue weighted by molar-refractivity contribution is -0.117. The number of anilines is 2. The van der Waals surface area contributed by atoms with Crippen molar-refractivity contribution >= 4 is 28.2 Å². The van der Waals surface area contributed by atoms with Gasteiger partial charge in [0.15, 0.2) is 0 Å². The summed E-state index contributed by atoms with van der Waals surface area (Å²) in [4.78, 5) is 25.5. The van der Waals surface area contributed by atoms with Gasteiger partial charge in [-0.2, -0.15) is 0 Å². The molecule has 4 rings (SSSR count). The Morgan fingerprint density at radius 3 is 2.83 bits per heavy atom. The lowest BCUT2D eigenvalue weighted by atomic mass is 10.3. The van der Waals surface area contributed by atoms with E-state index in [0.717, 1.165) is 37.8 Å². The molecular weight excluding hydrogens is 326 g/mol. The number of aromatic nitrogens is 4. The zero-order valence-electron chi connectivity index (χ0n) is 13.3. The van der Waals surface area contributed by atoms with Gasteiger partial charge in [-0.1, -0.05) is 11.3 Å². The topological polar surface area (TPSA) is 87.1 Å². The van der Waals surface area contributed by atoms with E-state index in [-0.39, 0.29) is 5.91 Å². The fourth-order valence-corrected chi connectivity index (χ4v) is 3.26. The van der Waals surface area contributed by atoms with E-state index in [1.807, 2.05) is 12.3 Å². The molecule has 3 heterocycles. The molecule has 9 heteroatoms. The highest BCUT2D eigenvalue weighted by molar-refractivity contribution is 7.13. The zero-order valence-corrected chi connectivity index (χ0v) is 14.1. The summed E-state index contributed by atoms with van der Waals surface area (Å²) in [5.74, 6) is 2.50. The van der Waals surface area contributed by atoms with Crippen LogP contribution in [0.5, 0.6) is 0 Å². The summed E-state index contributed by atoms with van der Waals surface area (Å²) in [6, 6.07) is 1.98. The van der Waals surface area contributed by atoms with E-state index in [1.54, 1.807) is 5.51 Å². The van der Waals surface area contributed by atoms with Crippen molar-refractivity contribution in [2.24, 2.45) is 0 Å². The fraction of sp³-hybridized carbons (Fsp3) is 0.533. The largest absolute Gasteiger partial charge is 0.354 e. The number of hydrogen-bond acceptors (Lipinski definition) is 8. The van der Waals surface area contributed by atoms with Gasteiger partial charge in [-0.25, -0.2) is 9.97 Å². The molecule has 0 radical (unpaired) electrons. The van der Waals surface area contributed by atoms with E-state index in [2.05, 4.69) is 30.3 Å². The summed E-state index contributed by atoms with van der Waals surface area (Å²) in [6.07, 6.45) is 4.28. The average Bonchev–Trinajstić information content (AvgIpc) is 3.34. The van der Waals surface area contributed by atoms with E-state index in [9.17, 15) is 4.79 Å². The molecule has 1 N–H and O–H groups in total. The first-order valence-electron chi connectivity index (χ1n) is 8.14. The van der Waals surface area contributed by atoms with E-state index in [4.69, 9.17) is 4.98 Å². The van der Waals surface area contributed by atoms with Crippen molar-refractivity contribution in [1.29, 1.82) is 0 Å². The summed E-state index contributed by atoms with van der Waals surface area (Å²) in [5.41, 5.74) is 1.60. The van der Waals surface area contributed by atoms with Gasteiger partial charge < -0.3 is 4.90 Å². The second kappa shape index (κ2) is 6.78. The van der Waals surface area contributed by atoms with Gasteiger partial charge >= 0.3 is 0 Å². The molecule has 1 amide bonds. The minimum Gasteiger partial charge on any atom is -0.354 e. The molecule has 0 atom stereocenters. The highest BCUT2D eigenvalue weighted by Crippen LogP contribution is 2.38. The van der Waals surface area contributed by atoms with Gasteiger partial charge in [-0.15, -0.1) is 10.2 Å². The summed E-state index contributed by atoms with van der Waals surface area (Å²) >= 11 is 1.32. The number of amides is 1. The van der Waals surface area contributed by atoms with Crippen LogP contribution in [0.2, 0.25) is 0 Å². The van der Waals surface area contributed by atoms with E-state index in [0.29, 0.717) is 17.6 Å². The van der Waals surface area contributed by atoms with Crippen molar-refractivity contribution in [3.63, 3.8) is 0 Å². The van der Waals surface area contributed by atoms with Gasteiger partial charge in [0.25, 0.3) is 0 Å². The van der Waals surface area contributed by atoms with Gasteiger partial charge in [0, 0.05) is 38.3 Å². The molecule has 0 bridgehead atoms. The van der Waals surface area contributed by atoms with Gasteiger partial charge in [-0.3, -0.25) is 15.0 Å². The second-order valence-corrected chi connectivity index (χ2v) is 6.94. The molecule has 2 aliphatic rings. The number of carbonyl (C=O) groups excluding carboxylic acids is 1. The first-order chi connectivity index (χ1) is 11.8. The lowest BCUT2D eigenvalue weighted by Crippen LogP contribution is -2.49. The molecule has 2 aromatic rings. The normalized spacial score (nSPS) is 18.6. The third kappa shape index (κ3) is 3.68. The van der Waals surface area contributed by atoms with Crippen LogP contribution in [0.3, 0.4) is 0 Å². The Kier molecular flexibility index (Phi) is 4.35. The van der Waals surface area contributed by atoms with Crippen LogP contribution in [0.1, 0.15) is 24.6 Å². The van der Waals surface area contributed by atoms with Crippen molar-refractivity contribution in [3.8, 4) is 0 Å². The molecule has 1 aliphatic carbocycles. The van der Waals surface area contributed by atoms with Crippen molar-refractivity contribution in [1.82, 2.24) is 25.1 Å². The average molecular weight is 345 g/mol. The third-order valence-corrected chi connectivity index (χ3v) is 4.88. The molecule has 1 saturated heterocycles. The predicted molar refractivity (Wildman–Crippen MR) is 91.2 cm³/mol. The first kappa shape index (κ1) is 15.4. The predicted octanol–water partition coefficient (Wildman–Crippen LogP) is 0.966. The molecule has 1 aliphatic heterocycles. The van der Waals surface area contributed by atoms with Crippen molar-refractivity contribution < 1.29 is 4.79 Å². The van der Waals surface area contributed by atoms with Crippen LogP contribution in [0.4, 0.5) is 10.9 Å². The minimum atomic E-state index is -0.0433. The van der Waals surface area contributed by atoms with Crippen molar-refractivity contribution in [2.75, 3.05) is 42.9 Å². The monoisotopic (exact) mass is 345 g/mol. The van der Waals surface area contributed by atoms with Crippen LogP contribution in [0, 0.1) is 0 Å². The minimum absolute atomic E-state index is 0.0433. The van der Waals surface area contributed by atoms with E-state index in [1.165, 1.54) is 24.2 Å². The maximum absolute atomic E-state index is 12.0. The standard InChI is InChI=1S/C15H19N7OS/c23-13(19-15-20-17-10-24-15)9-21-5-7-22(8-6-21)12-3-4-16-14(18-12)11-1-2-11/h3-4,10-11H,1-2,5-9H2,(H,19,20,23). The summed E-state index contributed by atoms with van der Waals surface area (Å²) < 4.78 is 0. The molecule has 0 spiro atoms. The van der Waals surface area contributed by atoms with Gasteiger partial charge in [0.05, 0.1) is 6.54 Å². The van der Waals surface area contributed by atoms with Crippen molar-refractivity contribution in [2.45, 2.75) is 18.8 Å². The van der Waals surface area contributed by atoms with Crippen LogP contribution in [-0.2, 0) is 4.79 Å². The molecule has 2 fully saturated rings. The van der Waals surface area contributed by atoms with Gasteiger partial charge in [0.2, 0.25) is 11.0 Å². The number of nitrogens with one attached hydrogen (secondary N) is 1. The number of nitrogens with zero attached hydrogens (tertiary/aromatic N) is 6. The Hall–Kier alpha value is -2.13. The number of carbonyl (C=O) groups is 1. The van der Waals surface area contributed by atoms with Crippen LogP contribution in [0.15, 0.2) is 17.8 Å². The smallest absolute Gasteiger partial charge is 0.240 e. The number of piperazine rings is 1. The second-order valence-electron chi connectivity index (χ2n) is 6.10. The van der Waals surface area contributed by atoms with Crippen LogP contribution in [0.25, 0.3) is 0 Å². The fourth-order valence-electron chi connectivity index (χ4n) is 2.80. The van der Waals surface area contributed by atoms with Crippen LogP contribution < -0.4 is 10.2 Å². The Balaban J connectivity index is 1.28. The summed E-state index contributed by atoms with van der Waals surface area (Å²) in [7, 11) is 0. The van der Waals surface area contributed by atoms with Crippen LogP contribution >= 0.6 is 11.3 Å². The molecule has 1 saturated carbocycles. The lowest BCUT2D eigenvalue weighted by Gasteiger charge is -2.35. The quantitative estimate of drug-likeness (QED) is 0.864. The summed E-state index contributed by atoms with van der Waals surface area (Å²) in [5, 5.41) is 10.9. The SMILES string of the molecule is O=C(CN1CCN(c2ccnc(C3CC3)n2)CC1)Nc1nncs1. The van der Waals surface area contributed by atoms with Crippen LogP contribution in [-0.4, -0.2) is 63.7 Å². The molecule has 0 unspecified atom stereocenters. The maximum atomic E-state index is 12.0. The number of hydrogen-bond donors (Lipinski definition) is 1. The summed E-state index contributed by atoms with van der Waals surface area (Å²) in [6.45, 7) is 3.80. The number of rotatable bonds is 5. The maximum Gasteiger partial charge on any atom is 0.240 e. The van der Waals surface area contributed by atoms with Crippen molar-refractivity contribution in [3.05, 3.63) is 23.6 Å². The first-order valence-corrected chi connectivity index (χ1v) is 9.02. The molecule has 0 aromatic carbocycles.